The van der Waals surface area contributed by atoms with E-state index in [4.69, 9.17) is 5.73 Å². The number of nitrogens with zero attached hydrogens (tertiary/aromatic N) is 1. The van der Waals surface area contributed by atoms with Gasteiger partial charge < -0.3 is 11.1 Å². The number of nitrogens with one attached hydrogen (secondary N) is 1. The highest BCUT2D eigenvalue weighted by Crippen LogP contribution is 2.10. The molecule has 0 rings (SSSR count). The normalized spacial score (nSPS) is 14.3. The van der Waals surface area contributed by atoms with Gasteiger partial charge in [0.05, 0.1) is 0 Å². The second-order valence-corrected chi connectivity index (χ2v) is 8.45. The van der Waals surface area contributed by atoms with Gasteiger partial charge in [0, 0.05) is 34.4 Å². The van der Waals surface area contributed by atoms with Crippen LogP contribution in [0.5, 0.6) is 0 Å². The summed E-state index contributed by atoms with van der Waals surface area (Å²) < 4.78 is 11.7. The summed E-state index contributed by atoms with van der Waals surface area (Å²) in [5.74, 6) is 1.08. The van der Waals surface area contributed by atoms with Gasteiger partial charge in [0.25, 0.3) is 0 Å². The molecule has 3 N–H and O–H groups in total. The number of hydrogen-bond donors (Lipinski definition) is 2. The molecule has 0 amide bonds. The predicted octanol–water partition coefficient (Wildman–Crippen LogP) is 2.80. The van der Waals surface area contributed by atoms with E-state index in [1.807, 2.05) is 20.8 Å². The summed E-state index contributed by atoms with van der Waals surface area (Å²) in [6.45, 7) is 9.59. The van der Waals surface area contributed by atoms with Crippen LogP contribution >= 0.6 is 0 Å². The fraction of sp³-hybridized carbons (Fsp3) is 0.933. The summed E-state index contributed by atoms with van der Waals surface area (Å²) in [4.78, 5) is 4.29. The number of unbranched alkanes of at least 4 members (excludes halogenated alkanes) is 5. The van der Waals surface area contributed by atoms with Crippen molar-refractivity contribution in [2.45, 2.75) is 71.0 Å². The summed E-state index contributed by atoms with van der Waals surface area (Å²) in [5, 5.41) is 3.03. The zero-order chi connectivity index (χ0) is 15.4. The van der Waals surface area contributed by atoms with E-state index in [9.17, 15) is 4.21 Å². The Bertz CT molecular complexity index is 298. The molecule has 0 aromatic rings. The standard InChI is InChI=1S/C15H33N3OS/c1-5-6-7-8-9-10-11-17-14(16)18-12-13-20(19)15(2,3)4/h5-13H2,1-4H3,(H3,16,17,18). The van der Waals surface area contributed by atoms with Crippen LogP contribution in [-0.2, 0) is 10.8 Å². The largest absolute Gasteiger partial charge is 0.370 e. The Morgan fingerprint density at radius 1 is 1.15 bits per heavy atom. The van der Waals surface area contributed by atoms with Crippen molar-refractivity contribution in [3.63, 3.8) is 0 Å². The van der Waals surface area contributed by atoms with E-state index < -0.39 is 10.8 Å². The first-order chi connectivity index (χ1) is 9.38. The minimum atomic E-state index is -0.839. The molecular weight excluding hydrogens is 270 g/mol. The number of rotatable bonds is 10. The Kier molecular flexibility index (Phi) is 10.8. The fourth-order valence-corrected chi connectivity index (χ4v) is 2.63. The first-order valence-electron chi connectivity index (χ1n) is 7.80. The smallest absolute Gasteiger partial charge is 0.188 e. The van der Waals surface area contributed by atoms with Gasteiger partial charge in [-0.2, -0.15) is 0 Å². The molecule has 0 radical (unpaired) electrons. The SMILES string of the molecule is CCCCCCCCN=C(N)NCCS(=O)C(C)(C)C. The van der Waals surface area contributed by atoms with Gasteiger partial charge in [0.15, 0.2) is 5.96 Å². The molecule has 1 unspecified atom stereocenters. The van der Waals surface area contributed by atoms with Crippen molar-refractivity contribution in [3.05, 3.63) is 0 Å². The number of hydrogen-bond acceptors (Lipinski definition) is 2. The lowest BCUT2D eigenvalue weighted by atomic mass is 10.1. The average Bonchev–Trinajstić information content (AvgIpc) is 2.36. The third-order valence-corrected chi connectivity index (χ3v) is 5.01. The summed E-state index contributed by atoms with van der Waals surface area (Å²) in [6, 6.07) is 0. The minimum absolute atomic E-state index is 0.161. The molecular formula is C15H33N3OS. The van der Waals surface area contributed by atoms with Gasteiger partial charge in [0.2, 0.25) is 0 Å². The molecule has 0 spiro atoms. The Hall–Kier alpha value is -0.580. The van der Waals surface area contributed by atoms with Crippen LogP contribution in [0.2, 0.25) is 0 Å². The zero-order valence-corrected chi connectivity index (χ0v) is 14.5. The van der Waals surface area contributed by atoms with Gasteiger partial charge in [-0.15, -0.1) is 0 Å². The van der Waals surface area contributed by atoms with Gasteiger partial charge in [0.1, 0.15) is 0 Å². The molecule has 120 valence electrons. The summed E-state index contributed by atoms with van der Waals surface area (Å²) >= 11 is 0. The topological polar surface area (TPSA) is 67.5 Å². The van der Waals surface area contributed by atoms with Crippen molar-refractivity contribution in [2.75, 3.05) is 18.8 Å². The van der Waals surface area contributed by atoms with Crippen molar-refractivity contribution >= 4 is 16.8 Å². The molecule has 4 nitrogen and oxygen atoms in total. The lowest BCUT2D eigenvalue weighted by molar-refractivity contribution is 0.611. The third kappa shape index (κ3) is 11.3. The maximum absolute atomic E-state index is 11.8. The molecule has 5 heteroatoms. The second-order valence-electron chi connectivity index (χ2n) is 6.12. The quantitative estimate of drug-likeness (QED) is 0.370. The van der Waals surface area contributed by atoms with Crippen LogP contribution in [0.1, 0.15) is 66.2 Å². The molecule has 0 heterocycles. The first-order valence-corrected chi connectivity index (χ1v) is 9.12. The van der Waals surface area contributed by atoms with Crippen LogP contribution < -0.4 is 11.1 Å². The van der Waals surface area contributed by atoms with E-state index in [1.165, 1.54) is 32.1 Å². The van der Waals surface area contributed by atoms with Crippen LogP contribution in [0.4, 0.5) is 0 Å². The Labute approximate surface area is 127 Å². The second kappa shape index (κ2) is 11.1. The van der Waals surface area contributed by atoms with Crippen LogP contribution in [0.3, 0.4) is 0 Å². The zero-order valence-electron chi connectivity index (χ0n) is 13.7. The van der Waals surface area contributed by atoms with E-state index in [0.29, 0.717) is 18.3 Å². The molecule has 0 aromatic heterocycles. The van der Waals surface area contributed by atoms with Gasteiger partial charge in [-0.05, 0) is 27.2 Å². The van der Waals surface area contributed by atoms with Crippen molar-refractivity contribution < 1.29 is 4.21 Å². The Balaban J connectivity index is 3.59. The highest BCUT2D eigenvalue weighted by molar-refractivity contribution is 7.86. The van der Waals surface area contributed by atoms with E-state index in [-0.39, 0.29) is 4.75 Å². The summed E-state index contributed by atoms with van der Waals surface area (Å²) in [7, 11) is -0.839. The summed E-state index contributed by atoms with van der Waals surface area (Å²) in [6.07, 6.45) is 7.56. The average molecular weight is 304 g/mol. The van der Waals surface area contributed by atoms with Gasteiger partial charge in [-0.3, -0.25) is 9.20 Å². The fourth-order valence-electron chi connectivity index (χ4n) is 1.73. The van der Waals surface area contributed by atoms with Crippen LogP contribution in [-0.4, -0.2) is 33.8 Å². The van der Waals surface area contributed by atoms with Crippen molar-refractivity contribution in [1.82, 2.24) is 5.32 Å². The maximum Gasteiger partial charge on any atom is 0.188 e. The molecule has 20 heavy (non-hydrogen) atoms. The van der Waals surface area contributed by atoms with Gasteiger partial charge >= 0.3 is 0 Å². The minimum Gasteiger partial charge on any atom is -0.370 e. The van der Waals surface area contributed by atoms with Crippen molar-refractivity contribution in [3.8, 4) is 0 Å². The number of nitrogens with two attached hydrogens (primary N) is 1. The number of aliphatic imine (C=N–C) groups is 1. The van der Waals surface area contributed by atoms with Crippen LogP contribution in [0.25, 0.3) is 0 Å². The molecule has 0 saturated heterocycles. The molecule has 0 aliphatic rings. The molecule has 1 atom stereocenters. The first kappa shape index (κ1) is 19.4. The molecule has 0 saturated carbocycles. The van der Waals surface area contributed by atoms with Crippen molar-refractivity contribution in [1.29, 1.82) is 0 Å². The number of guanidine groups is 1. The van der Waals surface area contributed by atoms with Crippen LogP contribution in [0, 0.1) is 0 Å². The van der Waals surface area contributed by atoms with E-state index in [0.717, 1.165) is 13.0 Å². The summed E-state index contributed by atoms with van der Waals surface area (Å²) in [5.41, 5.74) is 5.77. The van der Waals surface area contributed by atoms with E-state index >= 15 is 0 Å². The van der Waals surface area contributed by atoms with E-state index in [1.54, 1.807) is 0 Å². The predicted molar refractivity (Wildman–Crippen MR) is 90.6 cm³/mol. The Morgan fingerprint density at radius 3 is 2.35 bits per heavy atom. The lowest BCUT2D eigenvalue weighted by Crippen LogP contribution is -2.36. The monoisotopic (exact) mass is 303 g/mol. The molecule has 0 aromatic carbocycles. The third-order valence-electron chi connectivity index (χ3n) is 3.07. The van der Waals surface area contributed by atoms with Gasteiger partial charge in [-0.1, -0.05) is 39.0 Å². The molecule has 0 aliphatic carbocycles. The Morgan fingerprint density at radius 2 is 1.75 bits per heavy atom. The highest BCUT2D eigenvalue weighted by atomic mass is 32.2. The highest BCUT2D eigenvalue weighted by Gasteiger charge is 2.18. The molecule has 0 bridgehead atoms. The van der Waals surface area contributed by atoms with Crippen molar-refractivity contribution in [2.24, 2.45) is 10.7 Å². The maximum atomic E-state index is 11.8. The van der Waals surface area contributed by atoms with Gasteiger partial charge in [-0.25, -0.2) is 0 Å². The lowest BCUT2D eigenvalue weighted by Gasteiger charge is -2.17. The molecule has 0 fully saturated rings. The van der Waals surface area contributed by atoms with E-state index in [2.05, 4.69) is 17.2 Å². The molecule has 0 aliphatic heterocycles. The van der Waals surface area contributed by atoms with Crippen LogP contribution in [0.15, 0.2) is 4.99 Å².